The maximum absolute atomic E-state index is 11.4. The molecule has 0 aliphatic heterocycles. The lowest BCUT2D eigenvalue weighted by atomic mass is 10.2. The van der Waals surface area contributed by atoms with Gasteiger partial charge in [0.25, 0.3) is 0 Å². The molecule has 0 saturated carbocycles. The van der Waals surface area contributed by atoms with Crippen molar-refractivity contribution < 1.29 is 9.21 Å². The third kappa shape index (κ3) is 4.23. The molecule has 1 rings (SSSR count). The summed E-state index contributed by atoms with van der Waals surface area (Å²) in [5.74, 6) is 0.965. The third-order valence-corrected chi connectivity index (χ3v) is 1.91. The molecule has 1 aromatic rings. The molecule has 1 heterocycles. The zero-order valence-electron chi connectivity index (χ0n) is 8.75. The van der Waals surface area contributed by atoms with Crippen molar-refractivity contribution in [2.75, 3.05) is 6.54 Å². The normalized spacial score (nSPS) is 10.8. The van der Waals surface area contributed by atoms with E-state index in [9.17, 15) is 4.79 Å². The van der Waals surface area contributed by atoms with Crippen LogP contribution in [0.2, 0.25) is 0 Å². The van der Waals surface area contributed by atoms with Gasteiger partial charge in [0, 0.05) is 19.0 Å². The summed E-state index contributed by atoms with van der Waals surface area (Å²) in [5.41, 5.74) is 0. The van der Waals surface area contributed by atoms with Crippen LogP contribution in [0.5, 0.6) is 0 Å². The summed E-state index contributed by atoms with van der Waals surface area (Å²) in [7, 11) is 0. The molecule has 1 aromatic heterocycles. The molecule has 0 amide bonds. The Morgan fingerprint density at radius 1 is 1.57 bits per heavy atom. The average Bonchev–Trinajstić information content (AvgIpc) is 2.56. The van der Waals surface area contributed by atoms with Gasteiger partial charge in [-0.1, -0.05) is 13.8 Å². The highest BCUT2D eigenvalue weighted by atomic mass is 16.3. The molecule has 0 aromatic carbocycles. The molecular weight excluding hydrogens is 178 g/mol. The second kappa shape index (κ2) is 5.60. The molecule has 0 aliphatic carbocycles. The van der Waals surface area contributed by atoms with Gasteiger partial charge in [0.1, 0.15) is 11.5 Å². The lowest BCUT2D eigenvalue weighted by Gasteiger charge is -2.06. The predicted octanol–water partition coefficient (Wildman–Crippen LogP) is 1.78. The van der Waals surface area contributed by atoms with Gasteiger partial charge in [0.2, 0.25) is 0 Å². The van der Waals surface area contributed by atoms with Crippen LogP contribution in [0.1, 0.15) is 26.0 Å². The third-order valence-electron chi connectivity index (χ3n) is 1.91. The number of hydrogen-bond acceptors (Lipinski definition) is 3. The lowest BCUT2D eigenvalue weighted by Crippen LogP contribution is -2.25. The van der Waals surface area contributed by atoms with Gasteiger partial charge >= 0.3 is 0 Å². The Hall–Kier alpha value is -1.09. The molecule has 0 radical (unpaired) electrons. The Labute approximate surface area is 84.5 Å². The number of hydrogen-bond donors (Lipinski definition) is 1. The van der Waals surface area contributed by atoms with Crippen LogP contribution in [0, 0.1) is 0 Å². The fourth-order valence-electron chi connectivity index (χ4n) is 1.20. The predicted molar refractivity (Wildman–Crippen MR) is 55.2 cm³/mol. The van der Waals surface area contributed by atoms with Crippen molar-refractivity contribution in [1.29, 1.82) is 0 Å². The van der Waals surface area contributed by atoms with E-state index in [0.29, 0.717) is 18.9 Å². The van der Waals surface area contributed by atoms with Crippen LogP contribution in [-0.4, -0.2) is 18.4 Å². The number of carbonyl (C=O) groups is 1. The fourth-order valence-corrected chi connectivity index (χ4v) is 1.20. The van der Waals surface area contributed by atoms with E-state index in [0.717, 1.165) is 12.3 Å². The number of furan rings is 1. The first kappa shape index (κ1) is 11.0. The van der Waals surface area contributed by atoms with Crippen LogP contribution in [-0.2, 0) is 11.2 Å². The Morgan fingerprint density at radius 2 is 2.36 bits per heavy atom. The van der Waals surface area contributed by atoms with Crippen molar-refractivity contribution in [1.82, 2.24) is 5.32 Å². The van der Waals surface area contributed by atoms with Crippen LogP contribution in [0.25, 0.3) is 0 Å². The largest absolute Gasteiger partial charge is 0.469 e. The molecule has 0 saturated heterocycles. The summed E-state index contributed by atoms with van der Waals surface area (Å²) < 4.78 is 5.09. The summed E-state index contributed by atoms with van der Waals surface area (Å²) >= 11 is 0. The van der Waals surface area contributed by atoms with E-state index in [4.69, 9.17) is 4.42 Å². The summed E-state index contributed by atoms with van der Waals surface area (Å²) in [6.07, 6.45) is 2.57. The first-order valence-corrected chi connectivity index (χ1v) is 4.96. The molecule has 0 aliphatic rings. The molecule has 1 N–H and O–H groups in total. The van der Waals surface area contributed by atoms with Crippen molar-refractivity contribution in [3.63, 3.8) is 0 Å². The fraction of sp³-hybridized carbons (Fsp3) is 0.545. The number of rotatable bonds is 6. The van der Waals surface area contributed by atoms with Gasteiger partial charge in [-0.15, -0.1) is 0 Å². The summed E-state index contributed by atoms with van der Waals surface area (Å²) in [5, 5.41) is 3.20. The van der Waals surface area contributed by atoms with E-state index in [1.807, 2.05) is 6.07 Å². The van der Waals surface area contributed by atoms with Crippen molar-refractivity contribution in [3.05, 3.63) is 24.2 Å². The summed E-state index contributed by atoms with van der Waals surface area (Å²) in [4.78, 5) is 11.4. The average molecular weight is 195 g/mol. The van der Waals surface area contributed by atoms with Crippen LogP contribution in [0.3, 0.4) is 0 Å². The monoisotopic (exact) mass is 195 g/mol. The first-order valence-electron chi connectivity index (χ1n) is 4.96. The minimum atomic E-state index is 0.216. The number of Topliss-reactive ketones (excluding diaryl/α,β-unsaturated/α-hetero) is 1. The van der Waals surface area contributed by atoms with E-state index < -0.39 is 0 Å². The van der Waals surface area contributed by atoms with Crippen LogP contribution < -0.4 is 5.32 Å². The Kier molecular flexibility index (Phi) is 4.40. The highest BCUT2D eigenvalue weighted by molar-refractivity contribution is 5.80. The minimum Gasteiger partial charge on any atom is -0.469 e. The highest BCUT2D eigenvalue weighted by Gasteiger charge is 2.05. The summed E-state index contributed by atoms with van der Waals surface area (Å²) in [6.45, 7) is 4.88. The van der Waals surface area contributed by atoms with E-state index in [1.54, 1.807) is 12.3 Å². The standard InChI is InChI=1S/C11H17NO2/c1-9(2)12-6-5-10(13)8-11-4-3-7-14-11/h3-4,7,9,12H,5-6,8H2,1-2H3. The molecule has 3 heteroatoms. The summed E-state index contributed by atoms with van der Waals surface area (Å²) in [6, 6.07) is 4.06. The van der Waals surface area contributed by atoms with Gasteiger partial charge in [-0.25, -0.2) is 0 Å². The Morgan fingerprint density at radius 3 is 2.93 bits per heavy atom. The quantitative estimate of drug-likeness (QED) is 0.752. The van der Waals surface area contributed by atoms with Gasteiger partial charge in [0.15, 0.2) is 0 Å². The van der Waals surface area contributed by atoms with Gasteiger partial charge in [-0.2, -0.15) is 0 Å². The molecule has 78 valence electrons. The molecule has 0 spiro atoms. The molecule has 0 bridgehead atoms. The number of nitrogens with one attached hydrogen (secondary N) is 1. The van der Waals surface area contributed by atoms with Crippen LogP contribution >= 0.6 is 0 Å². The van der Waals surface area contributed by atoms with E-state index in [-0.39, 0.29) is 5.78 Å². The Bertz CT molecular complexity index is 265. The second-order valence-electron chi connectivity index (χ2n) is 3.65. The van der Waals surface area contributed by atoms with E-state index >= 15 is 0 Å². The minimum absolute atomic E-state index is 0.216. The second-order valence-corrected chi connectivity index (χ2v) is 3.65. The first-order chi connectivity index (χ1) is 6.68. The number of ketones is 1. The topological polar surface area (TPSA) is 42.2 Å². The van der Waals surface area contributed by atoms with Crippen molar-refractivity contribution in [2.45, 2.75) is 32.7 Å². The van der Waals surface area contributed by atoms with Crippen molar-refractivity contribution in [2.24, 2.45) is 0 Å². The zero-order valence-corrected chi connectivity index (χ0v) is 8.75. The van der Waals surface area contributed by atoms with Crippen LogP contribution in [0.15, 0.2) is 22.8 Å². The van der Waals surface area contributed by atoms with E-state index in [2.05, 4.69) is 19.2 Å². The maximum Gasteiger partial charge on any atom is 0.141 e. The maximum atomic E-state index is 11.4. The molecule has 0 atom stereocenters. The van der Waals surface area contributed by atoms with Gasteiger partial charge in [0.05, 0.1) is 12.7 Å². The molecule has 0 unspecified atom stereocenters. The van der Waals surface area contributed by atoms with Gasteiger partial charge in [-0.05, 0) is 12.1 Å². The van der Waals surface area contributed by atoms with Gasteiger partial charge in [-0.3, -0.25) is 4.79 Å². The smallest absolute Gasteiger partial charge is 0.141 e. The van der Waals surface area contributed by atoms with Crippen molar-refractivity contribution in [3.8, 4) is 0 Å². The highest BCUT2D eigenvalue weighted by Crippen LogP contribution is 2.02. The molecule has 3 nitrogen and oxygen atoms in total. The molecule has 14 heavy (non-hydrogen) atoms. The zero-order chi connectivity index (χ0) is 10.4. The molecule has 0 fully saturated rings. The lowest BCUT2D eigenvalue weighted by molar-refractivity contribution is -0.118. The van der Waals surface area contributed by atoms with Crippen molar-refractivity contribution >= 4 is 5.78 Å². The Balaban J connectivity index is 2.17. The van der Waals surface area contributed by atoms with Gasteiger partial charge < -0.3 is 9.73 Å². The van der Waals surface area contributed by atoms with E-state index in [1.165, 1.54) is 0 Å². The molecular formula is C11H17NO2. The number of carbonyl (C=O) groups excluding carboxylic acids is 1. The van der Waals surface area contributed by atoms with Crippen LogP contribution in [0.4, 0.5) is 0 Å². The SMILES string of the molecule is CC(C)NCCC(=O)Cc1ccco1.